The van der Waals surface area contributed by atoms with Crippen LogP contribution in [0.3, 0.4) is 0 Å². The van der Waals surface area contributed by atoms with Crippen molar-refractivity contribution < 1.29 is 4.92 Å². The predicted molar refractivity (Wildman–Crippen MR) is 59.7 cm³/mol. The third-order valence-corrected chi connectivity index (χ3v) is 2.39. The van der Waals surface area contributed by atoms with Gasteiger partial charge in [-0.3, -0.25) is 19.9 Å². The SMILES string of the molecule is NCc1c([N+](=O)[O-])ccc2[nH]c(=O)[nH]c(=O)c12. The molecule has 0 radical (unpaired) electrons. The second-order valence-electron chi connectivity index (χ2n) is 3.36. The number of fused-ring (bicyclic) bond motifs is 1. The van der Waals surface area contributed by atoms with Crippen LogP contribution in [0.15, 0.2) is 21.7 Å². The Morgan fingerprint density at radius 1 is 1.29 bits per heavy atom. The van der Waals surface area contributed by atoms with Crippen molar-refractivity contribution in [1.82, 2.24) is 9.97 Å². The highest BCUT2D eigenvalue weighted by Crippen LogP contribution is 2.23. The van der Waals surface area contributed by atoms with Gasteiger partial charge in [0.05, 0.1) is 21.4 Å². The van der Waals surface area contributed by atoms with E-state index in [1.54, 1.807) is 0 Å². The van der Waals surface area contributed by atoms with Crippen molar-refractivity contribution in [2.75, 3.05) is 0 Å². The van der Waals surface area contributed by atoms with Gasteiger partial charge in [-0.1, -0.05) is 0 Å². The number of nitrogens with zero attached hydrogens (tertiary/aromatic N) is 1. The summed E-state index contributed by atoms with van der Waals surface area (Å²) in [6, 6.07) is 2.52. The Labute approximate surface area is 93.2 Å². The molecule has 1 heterocycles. The highest BCUT2D eigenvalue weighted by atomic mass is 16.6. The number of rotatable bonds is 2. The van der Waals surface area contributed by atoms with E-state index in [1.807, 2.05) is 4.98 Å². The third kappa shape index (κ3) is 1.70. The molecule has 0 atom stereocenters. The quantitative estimate of drug-likeness (QED) is 0.480. The molecule has 0 bridgehead atoms. The van der Waals surface area contributed by atoms with Crippen molar-refractivity contribution in [3.8, 4) is 0 Å². The van der Waals surface area contributed by atoms with Crippen molar-refractivity contribution in [2.24, 2.45) is 5.73 Å². The maximum atomic E-state index is 11.6. The average Bonchev–Trinajstić information content (AvgIpc) is 2.26. The molecule has 0 saturated carbocycles. The van der Waals surface area contributed by atoms with Crippen LogP contribution < -0.4 is 17.0 Å². The van der Waals surface area contributed by atoms with Crippen LogP contribution >= 0.6 is 0 Å². The lowest BCUT2D eigenvalue weighted by Gasteiger charge is -2.03. The molecule has 0 aliphatic carbocycles. The summed E-state index contributed by atoms with van der Waals surface area (Å²) in [5.74, 6) is 0. The van der Waals surface area contributed by atoms with Crippen molar-refractivity contribution in [3.63, 3.8) is 0 Å². The van der Waals surface area contributed by atoms with Gasteiger partial charge in [0.2, 0.25) is 0 Å². The molecule has 4 N–H and O–H groups in total. The summed E-state index contributed by atoms with van der Waals surface area (Å²) in [7, 11) is 0. The molecular formula is C9H8N4O4. The molecule has 2 aromatic rings. The van der Waals surface area contributed by atoms with E-state index < -0.39 is 16.2 Å². The number of benzene rings is 1. The number of H-pyrrole nitrogens is 2. The fourth-order valence-electron chi connectivity index (χ4n) is 1.70. The third-order valence-electron chi connectivity index (χ3n) is 2.39. The second-order valence-corrected chi connectivity index (χ2v) is 3.36. The molecule has 0 amide bonds. The molecule has 0 unspecified atom stereocenters. The molecule has 88 valence electrons. The van der Waals surface area contributed by atoms with E-state index in [4.69, 9.17) is 5.73 Å². The number of aromatic nitrogens is 2. The van der Waals surface area contributed by atoms with Crippen molar-refractivity contribution in [3.05, 3.63) is 48.6 Å². The van der Waals surface area contributed by atoms with Crippen LogP contribution in [0.4, 0.5) is 5.69 Å². The minimum absolute atomic E-state index is 0.0429. The van der Waals surface area contributed by atoms with Crippen LogP contribution in [0.5, 0.6) is 0 Å². The summed E-state index contributed by atoms with van der Waals surface area (Å²) >= 11 is 0. The van der Waals surface area contributed by atoms with Gasteiger partial charge >= 0.3 is 5.69 Å². The number of nitrogens with one attached hydrogen (secondary N) is 2. The van der Waals surface area contributed by atoms with Crippen molar-refractivity contribution in [1.29, 1.82) is 0 Å². The average molecular weight is 236 g/mol. The molecular weight excluding hydrogens is 228 g/mol. The Balaban J connectivity index is 3.01. The molecule has 0 aliphatic rings. The van der Waals surface area contributed by atoms with Gasteiger partial charge in [0.15, 0.2) is 0 Å². The molecule has 0 fully saturated rings. The largest absolute Gasteiger partial charge is 0.326 e. The first kappa shape index (κ1) is 11.0. The zero-order valence-electron chi connectivity index (χ0n) is 8.52. The summed E-state index contributed by atoms with van der Waals surface area (Å²) in [4.78, 5) is 37.2. The Hall–Kier alpha value is -2.48. The van der Waals surface area contributed by atoms with Gasteiger partial charge < -0.3 is 10.7 Å². The topological polar surface area (TPSA) is 135 Å². The molecule has 1 aromatic heterocycles. The van der Waals surface area contributed by atoms with Crippen LogP contribution in [0, 0.1) is 10.1 Å². The maximum Gasteiger partial charge on any atom is 0.326 e. The van der Waals surface area contributed by atoms with Crippen molar-refractivity contribution in [2.45, 2.75) is 6.54 Å². The van der Waals surface area contributed by atoms with Gasteiger partial charge in [-0.15, -0.1) is 0 Å². The van der Waals surface area contributed by atoms with Crippen molar-refractivity contribution >= 4 is 16.6 Å². The lowest BCUT2D eigenvalue weighted by molar-refractivity contribution is -0.385. The van der Waals surface area contributed by atoms with Gasteiger partial charge in [0.25, 0.3) is 11.2 Å². The monoisotopic (exact) mass is 236 g/mol. The number of hydrogen-bond acceptors (Lipinski definition) is 5. The molecule has 8 nitrogen and oxygen atoms in total. The van der Waals surface area contributed by atoms with Gasteiger partial charge in [-0.2, -0.15) is 0 Å². The zero-order valence-corrected chi connectivity index (χ0v) is 8.52. The van der Waals surface area contributed by atoms with Gasteiger partial charge in [0, 0.05) is 12.6 Å². The number of aromatic amines is 2. The molecule has 0 spiro atoms. The fraction of sp³-hybridized carbons (Fsp3) is 0.111. The van der Waals surface area contributed by atoms with E-state index in [0.29, 0.717) is 0 Å². The standard InChI is InChI=1S/C9H8N4O4/c10-3-4-6(13(16)17)2-1-5-7(4)8(14)12-9(15)11-5/h1-2H,3,10H2,(H2,11,12,14,15). The maximum absolute atomic E-state index is 11.6. The van der Waals surface area contributed by atoms with Crippen LogP contribution in [0.1, 0.15) is 5.56 Å². The van der Waals surface area contributed by atoms with Crippen LogP contribution in [0.2, 0.25) is 0 Å². The first-order valence-corrected chi connectivity index (χ1v) is 4.67. The summed E-state index contributed by atoms with van der Waals surface area (Å²) in [6.07, 6.45) is 0. The van der Waals surface area contributed by atoms with Gasteiger partial charge in [0.1, 0.15) is 0 Å². The van der Waals surface area contributed by atoms with E-state index in [9.17, 15) is 19.7 Å². The summed E-state index contributed by atoms with van der Waals surface area (Å²) in [5.41, 5.74) is 4.15. The Bertz CT molecular complexity index is 715. The van der Waals surface area contributed by atoms with Gasteiger partial charge in [-0.05, 0) is 6.07 Å². The van der Waals surface area contributed by atoms with E-state index in [0.717, 1.165) is 0 Å². The summed E-state index contributed by atoms with van der Waals surface area (Å²) < 4.78 is 0. The smallest absolute Gasteiger partial charge is 0.326 e. The summed E-state index contributed by atoms with van der Waals surface area (Å²) in [5, 5.41) is 10.8. The Morgan fingerprint density at radius 3 is 2.59 bits per heavy atom. The highest BCUT2D eigenvalue weighted by molar-refractivity contribution is 5.84. The number of nitro groups is 1. The van der Waals surface area contributed by atoms with E-state index in [-0.39, 0.29) is 28.7 Å². The molecule has 0 aliphatic heterocycles. The number of nitro benzene ring substituents is 1. The minimum Gasteiger partial charge on any atom is -0.326 e. The van der Waals surface area contributed by atoms with Crippen LogP contribution in [0.25, 0.3) is 10.9 Å². The zero-order chi connectivity index (χ0) is 12.6. The summed E-state index contributed by atoms with van der Waals surface area (Å²) in [6.45, 7) is -0.164. The van der Waals surface area contributed by atoms with Gasteiger partial charge in [-0.25, -0.2) is 4.79 Å². The molecule has 8 heteroatoms. The van der Waals surface area contributed by atoms with E-state index in [1.165, 1.54) is 12.1 Å². The first-order valence-electron chi connectivity index (χ1n) is 4.67. The number of nitrogens with two attached hydrogens (primary N) is 1. The van der Waals surface area contributed by atoms with Crippen LogP contribution in [-0.2, 0) is 6.54 Å². The predicted octanol–water partition coefficient (Wildman–Crippen LogP) is -0.417. The minimum atomic E-state index is -0.687. The Morgan fingerprint density at radius 2 is 2.00 bits per heavy atom. The lowest BCUT2D eigenvalue weighted by atomic mass is 10.1. The number of hydrogen-bond donors (Lipinski definition) is 3. The molecule has 2 rings (SSSR count). The first-order chi connectivity index (χ1) is 8.04. The Kier molecular flexibility index (Phi) is 2.48. The highest BCUT2D eigenvalue weighted by Gasteiger charge is 2.18. The normalized spacial score (nSPS) is 10.6. The molecule has 0 saturated heterocycles. The van der Waals surface area contributed by atoms with E-state index in [2.05, 4.69) is 4.98 Å². The fourth-order valence-corrected chi connectivity index (χ4v) is 1.70. The van der Waals surface area contributed by atoms with Crippen LogP contribution in [-0.4, -0.2) is 14.9 Å². The molecule has 1 aromatic carbocycles. The lowest BCUT2D eigenvalue weighted by Crippen LogP contribution is -2.23. The van der Waals surface area contributed by atoms with E-state index >= 15 is 0 Å². The molecule has 17 heavy (non-hydrogen) atoms. The second kappa shape index (κ2) is 3.83.